The molecule has 2 aromatic carbocycles. The predicted molar refractivity (Wildman–Crippen MR) is 88.8 cm³/mol. The van der Waals surface area contributed by atoms with E-state index in [4.69, 9.17) is 4.42 Å². The number of nitrogens with zero attached hydrogens (tertiary/aromatic N) is 1. The van der Waals surface area contributed by atoms with Crippen molar-refractivity contribution in [2.24, 2.45) is 0 Å². The third-order valence-electron chi connectivity index (χ3n) is 4.45. The molecule has 0 aliphatic carbocycles. The molecule has 0 spiro atoms. The maximum absolute atomic E-state index is 13.6. The molecule has 0 bridgehead atoms. The molecule has 1 aromatic heterocycles. The molecule has 1 N–H and O–H groups in total. The van der Waals surface area contributed by atoms with Crippen LogP contribution in [0, 0.1) is 11.6 Å². The second kappa shape index (κ2) is 6.03. The van der Waals surface area contributed by atoms with Gasteiger partial charge in [0.15, 0.2) is 5.43 Å². The predicted octanol–water partition coefficient (Wildman–Crippen LogP) is 2.61. The zero-order valence-corrected chi connectivity index (χ0v) is 13.4. The van der Waals surface area contributed by atoms with Gasteiger partial charge in [0, 0.05) is 6.54 Å². The van der Waals surface area contributed by atoms with E-state index >= 15 is 0 Å². The van der Waals surface area contributed by atoms with Crippen LogP contribution in [0.3, 0.4) is 0 Å². The molecule has 0 fully saturated rings. The van der Waals surface area contributed by atoms with E-state index in [9.17, 15) is 23.5 Å². The Labute approximate surface area is 146 Å². The van der Waals surface area contributed by atoms with Crippen molar-refractivity contribution in [3.8, 4) is 0 Å². The number of carbonyl (C=O) groups excluding carboxylic acids is 1. The fourth-order valence-electron chi connectivity index (χ4n) is 3.32. The zero-order valence-electron chi connectivity index (χ0n) is 13.4. The summed E-state index contributed by atoms with van der Waals surface area (Å²) >= 11 is 0. The average Bonchev–Trinajstić information content (AvgIpc) is 2.90. The first-order valence-electron chi connectivity index (χ1n) is 7.95. The van der Waals surface area contributed by atoms with Gasteiger partial charge in [0.2, 0.25) is 5.76 Å². The third kappa shape index (κ3) is 2.40. The van der Waals surface area contributed by atoms with Gasteiger partial charge in [-0.15, -0.1) is 0 Å². The molecule has 1 aliphatic heterocycles. The lowest BCUT2D eigenvalue weighted by Crippen LogP contribution is -2.32. The minimum Gasteiger partial charge on any atom is -0.450 e. The van der Waals surface area contributed by atoms with Crippen LogP contribution in [-0.4, -0.2) is 29.1 Å². The molecule has 7 heteroatoms. The van der Waals surface area contributed by atoms with E-state index in [1.165, 1.54) is 35.2 Å². The summed E-state index contributed by atoms with van der Waals surface area (Å²) in [5, 5.41) is 9.34. The average molecular weight is 357 g/mol. The maximum atomic E-state index is 13.6. The van der Waals surface area contributed by atoms with Gasteiger partial charge in [-0.3, -0.25) is 9.59 Å². The van der Waals surface area contributed by atoms with Gasteiger partial charge in [-0.1, -0.05) is 12.1 Å². The van der Waals surface area contributed by atoms with Gasteiger partial charge in [-0.05, 0) is 35.9 Å². The number of benzene rings is 2. The highest BCUT2D eigenvalue weighted by Crippen LogP contribution is 2.37. The van der Waals surface area contributed by atoms with Crippen molar-refractivity contribution in [3.05, 3.63) is 81.2 Å². The van der Waals surface area contributed by atoms with Crippen LogP contribution >= 0.6 is 0 Å². The lowest BCUT2D eigenvalue weighted by Gasteiger charge is -2.24. The monoisotopic (exact) mass is 357 g/mol. The molecule has 1 amide bonds. The molecule has 1 unspecified atom stereocenters. The highest BCUT2D eigenvalue weighted by Gasteiger charge is 2.42. The standard InChI is InChI=1S/C19H13F2NO4/c20-11-3-1-10(2-4-11)16-15-17(24)13-9-12(21)5-6-14(13)26-18(15)19(25)22(16)7-8-23/h1-6,9,16,23H,7-8H2. The third-order valence-corrected chi connectivity index (χ3v) is 4.45. The molecule has 1 aliphatic rings. The number of hydrogen-bond donors (Lipinski definition) is 1. The number of rotatable bonds is 3. The quantitative estimate of drug-likeness (QED) is 0.782. The van der Waals surface area contributed by atoms with Crippen molar-refractivity contribution < 1.29 is 23.1 Å². The Morgan fingerprint density at radius 2 is 1.73 bits per heavy atom. The first kappa shape index (κ1) is 16.4. The maximum Gasteiger partial charge on any atom is 0.290 e. The van der Waals surface area contributed by atoms with Gasteiger partial charge in [0.05, 0.1) is 23.6 Å². The van der Waals surface area contributed by atoms with Crippen LogP contribution in [0.4, 0.5) is 8.78 Å². The zero-order chi connectivity index (χ0) is 18.4. The molecular formula is C19H13F2NO4. The van der Waals surface area contributed by atoms with Crippen LogP contribution in [0.15, 0.2) is 51.7 Å². The summed E-state index contributed by atoms with van der Waals surface area (Å²) in [6.07, 6.45) is 0. The van der Waals surface area contributed by atoms with Gasteiger partial charge >= 0.3 is 0 Å². The molecule has 0 radical (unpaired) electrons. The molecular weight excluding hydrogens is 344 g/mol. The Morgan fingerprint density at radius 1 is 1.04 bits per heavy atom. The van der Waals surface area contributed by atoms with Crippen LogP contribution in [0.5, 0.6) is 0 Å². The summed E-state index contributed by atoms with van der Waals surface area (Å²) in [5.74, 6) is -1.75. The Kier molecular flexibility index (Phi) is 3.81. The van der Waals surface area contributed by atoms with Gasteiger partial charge in [0.1, 0.15) is 17.2 Å². The molecule has 26 heavy (non-hydrogen) atoms. The number of aliphatic hydroxyl groups is 1. The van der Waals surface area contributed by atoms with Crippen molar-refractivity contribution in [1.82, 2.24) is 4.90 Å². The van der Waals surface area contributed by atoms with Gasteiger partial charge < -0.3 is 14.4 Å². The highest BCUT2D eigenvalue weighted by atomic mass is 19.1. The van der Waals surface area contributed by atoms with Crippen LogP contribution in [0.1, 0.15) is 27.7 Å². The second-order valence-corrected chi connectivity index (χ2v) is 5.99. The van der Waals surface area contributed by atoms with Crippen LogP contribution in [0.2, 0.25) is 0 Å². The van der Waals surface area contributed by atoms with E-state index < -0.39 is 29.0 Å². The molecule has 132 valence electrons. The Bertz CT molecular complexity index is 1080. The van der Waals surface area contributed by atoms with Gasteiger partial charge in [0.25, 0.3) is 5.91 Å². The molecule has 0 saturated heterocycles. The van der Waals surface area contributed by atoms with E-state index in [1.54, 1.807) is 0 Å². The Morgan fingerprint density at radius 3 is 2.42 bits per heavy atom. The van der Waals surface area contributed by atoms with Crippen molar-refractivity contribution in [2.45, 2.75) is 6.04 Å². The van der Waals surface area contributed by atoms with Crippen molar-refractivity contribution in [1.29, 1.82) is 0 Å². The number of fused-ring (bicyclic) bond motifs is 2. The highest BCUT2D eigenvalue weighted by molar-refractivity contribution is 5.99. The SMILES string of the molecule is O=C1c2oc3ccc(F)cc3c(=O)c2C(c2ccc(F)cc2)N1CCO. The van der Waals surface area contributed by atoms with E-state index in [1.807, 2.05) is 0 Å². The summed E-state index contributed by atoms with van der Waals surface area (Å²) in [6, 6.07) is 8.01. The topological polar surface area (TPSA) is 70.8 Å². The molecule has 3 aromatic rings. The number of halogens is 2. The molecule has 2 heterocycles. The Balaban J connectivity index is 2.01. The fraction of sp³-hybridized carbons (Fsp3) is 0.158. The summed E-state index contributed by atoms with van der Waals surface area (Å²) in [6.45, 7) is -0.352. The second-order valence-electron chi connectivity index (χ2n) is 5.99. The van der Waals surface area contributed by atoms with E-state index in [2.05, 4.69) is 0 Å². The van der Waals surface area contributed by atoms with E-state index in [0.717, 1.165) is 12.1 Å². The van der Waals surface area contributed by atoms with Crippen molar-refractivity contribution >= 4 is 16.9 Å². The van der Waals surface area contributed by atoms with E-state index in [0.29, 0.717) is 5.56 Å². The number of carbonyl (C=O) groups is 1. The number of β-amino-alcohol motifs (C(OH)–C–C–N with tert-alkyl or cyclic N) is 1. The summed E-state index contributed by atoms with van der Waals surface area (Å²) in [5.41, 5.74) is 0.138. The largest absolute Gasteiger partial charge is 0.450 e. The minimum absolute atomic E-state index is 0.0227. The Hall–Kier alpha value is -3.06. The van der Waals surface area contributed by atoms with Crippen LogP contribution in [0.25, 0.3) is 11.0 Å². The normalized spacial score (nSPS) is 16.3. The fourth-order valence-corrected chi connectivity index (χ4v) is 3.32. The molecule has 4 rings (SSSR count). The van der Waals surface area contributed by atoms with Crippen LogP contribution in [-0.2, 0) is 0 Å². The number of hydrogen-bond acceptors (Lipinski definition) is 4. The van der Waals surface area contributed by atoms with E-state index in [-0.39, 0.29) is 35.4 Å². The minimum atomic E-state index is -0.839. The van der Waals surface area contributed by atoms with Crippen molar-refractivity contribution in [3.63, 3.8) is 0 Å². The molecule has 5 nitrogen and oxygen atoms in total. The number of amides is 1. The molecule has 0 saturated carbocycles. The smallest absolute Gasteiger partial charge is 0.290 e. The first-order chi connectivity index (χ1) is 12.5. The summed E-state index contributed by atoms with van der Waals surface area (Å²) in [4.78, 5) is 27.0. The summed E-state index contributed by atoms with van der Waals surface area (Å²) < 4.78 is 32.4. The van der Waals surface area contributed by atoms with Crippen molar-refractivity contribution in [2.75, 3.05) is 13.2 Å². The molecule has 1 atom stereocenters. The first-order valence-corrected chi connectivity index (χ1v) is 7.95. The van der Waals surface area contributed by atoms with Gasteiger partial charge in [-0.2, -0.15) is 0 Å². The lowest BCUT2D eigenvalue weighted by atomic mass is 9.98. The van der Waals surface area contributed by atoms with Gasteiger partial charge in [-0.25, -0.2) is 8.78 Å². The number of aliphatic hydroxyl groups excluding tert-OH is 1. The van der Waals surface area contributed by atoms with Crippen LogP contribution < -0.4 is 5.43 Å². The lowest BCUT2D eigenvalue weighted by molar-refractivity contribution is 0.0691. The summed E-state index contributed by atoms with van der Waals surface area (Å²) in [7, 11) is 0.